The maximum Gasteiger partial charge on any atom is 0.240 e. The predicted molar refractivity (Wildman–Crippen MR) is 113 cm³/mol. The summed E-state index contributed by atoms with van der Waals surface area (Å²) in [5.74, 6) is -0.118. The molecule has 1 unspecified atom stereocenters. The number of benzene rings is 2. The topological polar surface area (TPSA) is 75.3 Å². The number of nitrogens with one attached hydrogen (secondary N) is 2. The molecule has 0 heterocycles. The van der Waals surface area contributed by atoms with Gasteiger partial charge in [0.25, 0.3) is 0 Å². The molecule has 0 spiro atoms. The third-order valence-corrected chi connectivity index (χ3v) is 6.07. The summed E-state index contributed by atoms with van der Waals surface area (Å²) in [4.78, 5) is 12.4. The van der Waals surface area contributed by atoms with Gasteiger partial charge in [-0.15, -0.1) is 0 Å². The van der Waals surface area contributed by atoms with Crippen molar-refractivity contribution in [1.29, 1.82) is 0 Å². The van der Waals surface area contributed by atoms with Crippen LogP contribution in [0.25, 0.3) is 0 Å². The van der Waals surface area contributed by atoms with Gasteiger partial charge < -0.3 is 5.32 Å². The summed E-state index contributed by atoms with van der Waals surface area (Å²) in [6.45, 7) is 4.68. The average Bonchev–Trinajstić information content (AvgIpc) is 2.64. The van der Waals surface area contributed by atoms with E-state index >= 15 is 0 Å². The Morgan fingerprint density at radius 1 is 0.929 bits per heavy atom. The van der Waals surface area contributed by atoms with Gasteiger partial charge in [0.05, 0.1) is 4.90 Å². The fourth-order valence-corrected chi connectivity index (χ4v) is 3.90. The molecule has 0 fully saturated rings. The Kier molecular flexibility index (Phi) is 8.31. The summed E-state index contributed by atoms with van der Waals surface area (Å²) in [6.07, 6.45) is 0.164. The van der Waals surface area contributed by atoms with Crippen molar-refractivity contribution < 1.29 is 13.2 Å². The lowest BCUT2D eigenvalue weighted by Crippen LogP contribution is -2.33. The zero-order valence-electron chi connectivity index (χ0n) is 15.8. The number of halogens is 2. The average molecular weight is 443 g/mol. The first-order chi connectivity index (χ1) is 13.2. The summed E-state index contributed by atoms with van der Waals surface area (Å²) in [6, 6.07) is 13.0. The number of hydrogen-bond acceptors (Lipinski definition) is 3. The van der Waals surface area contributed by atoms with E-state index in [4.69, 9.17) is 23.2 Å². The molecule has 0 saturated heterocycles. The van der Waals surface area contributed by atoms with Crippen molar-refractivity contribution in [2.75, 3.05) is 13.1 Å². The van der Waals surface area contributed by atoms with Gasteiger partial charge in [-0.2, -0.15) is 0 Å². The van der Waals surface area contributed by atoms with Crippen molar-refractivity contribution in [3.8, 4) is 0 Å². The first-order valence-corrected chi connectivity index (χ1v) is 11.2. The second-order valence-electron chi connectivity index (χ2n) is 6.96. The molecular weight excluding hydrogens is 419 g/mol. The summed E-state index contributed by atoms with van der Waals surface area (Å²) in [5, 5.41) is 3.91. The largest absolute Gasteiger partial charge is 0.356 e. The standard InChI is InChI=1S/C20H24Cl2N2O3S/c1-14(2)12-23-20(25)11-16(15-3-5-17(21)6-4-15)13-24-28(26,27)19-9-7-18(22)8-10-19/h3-10,14,16,24H,11-13H2,1-2H3,(H,23,25). The van der Waals surface area contributed by atoms with Gasteiger partial charge in [-0.1, -0.05) is 49.2 Å². The molecule has 2 aromatic rings. The summed E-state index contributed by atoms with van der Waals surface area (Å²) >= 11 is 11.8. The predicted octanol–water partition coefficient (Wildman–Crippen LogP) is 4.22. The smallest absolute Gasteiger partial charge is 0.240 e. The van der Waals surface area contributed by atoms with Crippen molar-refractivity contribution in [2.24, 2.45) is 5.92 Å². The van der Waals surface area contributed by atoms with Crippen LogP contribution < -0.4 is 10.0 Å². The Morgan fingerprint density at radius 2 is 1.46 bits per heavy atom. The van der Waals surface area contributed by atoms with Gasteiger partial charge in [0.1, 0.15) is 0 Å². The summed E-state index contributed by atoms with van der Waals surface area (Å²) in [5.41, 5.74) is 0.836. The van der Waals surface area contributed by atoms with Crippen LogP contribution in [0.15, 0.2) is 53.4 Å². The molecule has 0 saturated carbocycles. The number of carbonyl (C=O) groups is 1. The molecule has 0 aliphatic carbocycles. The van der Waals surface area contributed by atoms with E-state index in [1.807, 2.05) is 13.8 Å². The van der Waals surface area contributed by atoms with Gasteiger partial charge in [-0.3, -0.25) is 4.79 Å². The maximum absolute atomic E-state index is 12.6. The van der Waals surface area contributed by atoms with Crippen LogP contribution in [-0.2, 0) is 14.8 Å². The van der Waals surface area contributed by atoms with Gasteiger partial charge in [-0.05, 0) is 47.9 Å². The molecule has 28 heavy (non-hydrogen) atoms. The van der Waals surface area contributed by atoms with E-state index in [0.29, 0.717) is 22.5 Å². The lowest BCUT2D eigenvalue weighted by molar-refractivity contribution is -0.121. The highest BCUT2D eigenvalue weighted by Crippen LogP contribution is 2.22. The Bertz CT molecular complexity index is 883. The van der Waals surface area contributed by atoms with Crippen molar-refractivity contribution in [3.05, 3.63) is 64.1 Å². The molecule has 2 rings (SSSR count). The Hall–Kier alpha value is -1.60. The highest BCUT2D eigenvalue weighted by Gasteiger charge is 2.21. The van der Waals surface area contributed by atoms with E-state index in [9.17, 15) is 13.2 Å². The van der Waals surface area contributed by atoms with E-state index in [1.54, 1.807) is 24.3 Å². The molecule has 2 N–H and O–H groups in total. The van der Waals surface area contributed by atoms with Crippen LogP contribution in [0.4, 0.5) is 0 Å². The molecule has 0 bridgehead atoms. The molecule has 8 heteroatoms. The first kappa shape index (κ1) is 22.7. The van der Waals surface area contributed by atoms with E-state index in [0.717, 1.165) is 5.56 Å². The molecule has 0 radical (unpaired) electrons. The van der Waals surface area contributed by atoms with E-state index in [1.165, 1.54) is 24.3 Å². The zero-order chi connectivity index (χ0) is 20.7. The zero-order valence-corrected chi connectivity index (χ0v) is 18.1. The lowest BCUT2D eigenvalue weighted by Gasteiger charge is -2.19. The second kappa shape index (κ2) is 10.3. The molecule has 1 atom stereocenters. The third kappa shape index (κ3) is 7.09. The van der Waals surface area contributed by atoms with Gasteiger partial charge in [0, 0.05) is 35.5 Å². The Labute approximate surface area is 176 Å². The van der Waals surface area contributed by atoms with Crippen LogP contribution in [0.2, 0.25) is 10.0 Å². The molecule has 1 amide bonds. The van der Waals surface area contributed by atoms with Crippen molar-refractivity contribution in [3.63, 3.8) is 0 Å². The minimum Gasteiger partial charge on any atom is -0.356 e. The number of carbonyl (C=O) groups excluding carboxylic acids is 1. The fourth-order valence-electron chi connectivity index (χ4n) is 2.56. The lowest BCUT2D eigenvalue weighted by atomic mass is 9.95. The van der Waals surface area contributed by atoms with Gasteiger partial charge in [0.15, 0.2) is 0 Å². The Balaban J connectivity index is 2.13. The highest BCUT2D eigenvalue weighted by molar-refractivity contribution is 7.89. The molecule has 2 aromatic carbocycles. The summed E-state index contributed by atoms with van der Waals surface area (Å²) < 4.78 is 27.7. The number of rotatable bonds is 9. The molecule has 152 valence electrons. The quantitative estimate of drug-likeness (QED) is 0.610. The van der Waals surface area contributed by atoms with Gasteiger partial charge in [0.2, 0.25) is 15.9 Å². The van der Waals surface area contributed by atoms with Crippen LogP contribution in [0.3, 0.4) is 0 Å². The molecule has 0 aromatic heterocycles. The van der Waals surface area contributed by atoms with E-state index in [-0.39, 0.29) is 29.7 Å². The van der Waals surface area contributed by atoms with E-state index < -0.39 is 10.0 Å². The van der Waals surface area contributed by atoms with Gasteiger partial charge in [-0.25, -0.2) is 13.1 Å². The highest BCUT2D eigenvalue weighted by atomic mass is 35.5. The second-order valence-corrected chi connectivity index (χ2v) is 9.60. The van der Waals surface area contributed by atoms with Crippen LogP contribution in [0, 0.1) is 5.92 Å². The van der Waals surface area contributed by atoms with Crippen molar-refractivity contribution in [2.45, 2.75) is 31.1 Å². The number of amides is 1. The van der Waals surface area contributed by atoms with Crippen LogP contribution in [0.5, 0.6) is 0 Å². The SMILES string of the molecule is CC(C)CNC(=O)CC(CNS(=O)(=O)c1ccc(Cl)cc1)c1ccc(Cl)cc1. The fraction of sp³-hybridized carbons (Fsp3) is 0.350. The minimum atomic E-state index is -3.72. The molecular formula is C20H24Cl2N2O3S. The summed E-state index contributed by atoms with van der Waals surface area (Å²) in [7, 11) is -3.72. The third-order valence-electron chi connectivity index (χ3n) is 4.12. The normalized spacial score (nSPS) is 12.8. The van der Waals surface area contributed by atoms with Crippen molar-refractivity contribution >= 4 is 39.1 Å². The molecule has 0 aliphatic rings. The monoisotopic (exact) mass is 442 g/mol. The van der Waals surface area contributed by atoms with E-state index in [2.05, 4.69) is 10.0 Å². The van der Waals surface area contributed by atoms with Crippen LogP contribution >= 0.6 is 23.2 Å². The van der Waals surface area contributed by atoms with Crippen molar-refractivity contribution in [1.82, 2.24) is 10.0 Å². The van der Waals surface area contributed by atoms with Gasteiger partial charge >= 0.3 is 0 Å². The number of hydrogen-bond donors (Lipinski definition) is 2. The maximum atomic E-state index is 12.6. The molecule has 5 nitrogen and oxygen atoms in total. The Morgan fingerprint density at radius 3 is 2.00 bits per heavy atom. The first-order valence-electron chi connectivity index (χ1n) is 8.95. The van der Waals surface area contributed by atoms with Crippen LogP contribution in [0.1, 0.15) is 31.7 Å². The minimum absolute atomic E-state index is 0.0850. The molecule has 0 aliphatic heterocycles. The van der Waals surface area contributed by atoms with Crippen LogP contribution in [-0.4, -0.2) is 27.4 Å². The number of sulfonamides is 1.